The van der Waals surface area contributed by atoms with Crippen LogP contribution in [-0.4, -0.2) is 45.7 Å². The second kappa shape index (κ2) is 9.04. The fourth-order valence-corrected chi connectivity index (χ4v) is 2.79. The Morgan fingerprint density at radius 1 is 0.750 bits per heavy atom. The van der Waals surface area contributed by atoms with Gasteiger partial charge in [-0.3, -0.25) is 4.79 Å². The van der Waals surface area contributed by atoms with E-state index in [-0.39, 0.29) is 5.56 Å². The van der Waals surface area contributed by atoms with E-state index < -0.39 is 58.7 Å². The number of carbonyl (C=O) groups excluding carboxylic acids is 1. The molecule has 1 aromatic rings. The fraction of sp³-hybridized carbons (Fsp3) is 0.562. The fourth-order valence-electron chi connectivity index (χ4n) is 2.06. The van der Waals surface area contributed by atoms with Crippen molar-refractivity contribution in [2.24, 2.45) is 0 Å². The third-order valence-electron chi connectivity index (χ3n) is 3.91. The summed E-state index contributed by atoms with van der Waals surface area (Å²) in [6.45, 7) is -0.590. The Labute approximate surface area is 184 Å². The lowest BCUT2D eigenvalue weighted by atomic mass is 9.92. The first-order chi connectivity index (χ1) is 14.1. The number of halogens is 14. The molecule has 0 aliphatic heterocycles. The molecule has 184 valence electrons. The molecule has 0 aliphatic rings. The summed E-state index contributed by atoms with van der Waals surface area (Å²) in [5.41, 5.74) is 0.280. The highest BCUT2D eigenvalue weighted by atomic mass is 127. The van der Waals surface area contributed by atoms with Crippen LogP contribution in [0.1, 0.15) is 12.0 Å². The maximum absolute atomic E-state index is 13.8. The van der Waals surface area contributed by atoms with Crippen molar-refractivity contribution in [3.8, 4) is 0 Å². The van der Waals surface area contributed by atoms with E-state index in [0.29, 0.717) is 22.6 Å². The molecule has 0 saturated carbocycles. The third kappa shape index (κ3) is 5.03. The number of ether oxygens (including phenoxy) is 1. The molecule has 1 rings (SSSR count). The molecule has 0 bridgehead atoms. The van der Waals surface area contributed by atoms with Gasteiger partial charge in [0.2, 0.25) is 0 Å². The monoisotopic (exact) mass is 608 g/mol. The standard InChI is InChI=1S/C16H10F13IO2/c17-11(18,6-9(30)10(31)32-7-8-4-2-1-3-5-8)12(19,20)13(21,22)14(23,24)15(25,26)16(27,28)29/h1-5,9H,6-7H2. The summed E-state index contributed by atoms with van der Waals surface area (Å²) >= 11 is 0.705. The second-order valence-corrected chi connectivity index (χ2v) is 7.77. The van der Waals surface area contributed by atoms with Gasteiger partial charge in [0.25, 0.3) is 0 Å². The van der Waals surface area contributed by atoms with Crippen LogP contribution in [0.25, 0.3) is 0 Å². The van der Waals surface area contributed by atoms with E-state index in [2.05, 4.69) is 4.74 Å². The van der Waals surface area contributed by atoms with E-state index in [4.69, 9.17) is 0 Å². The van der Waals surface area contributed by atoms with Gasteiger partial charge < -0.3 is 4.74 Å². The number of esters is 1. The molecule has 0 amide bonds. The molecule has 0 aromatic heterocycles. The van der Waals surface area contributed by atoms with Gasteiger partial charge in [0.15, 0.2) is 0 Å². The van der Waals surface area contributed by atoms with Gasteiger partial charge in [-0.05, 0) is 5.56 Å². The third-order valence-corrected chi connectivity index (χ3v) is 4.86. The van der Waals surface area contributed by atoms with Crippen LogP contribution in [0.15, 0.2) is 30.3 Å². The molecule has 0 heterocycles. The Bertz CT molecular complexity index is 793. The van der Waals surface area contributed by atoms with Gasteiger partial charge >= 0.3 is 41.8 Å². The summed E-state index contributed by atoms with van der Waals surface area (Å²) in [4.78, 5) is 11.6. The molecule has 0 fully saturated rings. The van der Waals surface area contributed by atoms with Gasteiger partial charge in [-0.25, -0.2) is 0 Å². The molecule has 16 heteroatoms. The van der Waals surface area contributed by atoms with Crippen LogP contribution in [0.2, 0.25) is 0 Å². The molecule has 0 radical (unpaired) electrons. The maximum atomic E-state index is 13.8. The molecule has 0 N–H and O–H groups in total. The molecule has 2 nitrogen and oxygen atoms in total. The molecule has 0 saturated heterocycles. The van der Waals surface area contributed by atoms with Gasteiger partial charge in [0.05, 0.1) is 0 Å². The minimum atomic E-state index is -7.97. The van der Waals surface area contributed by atoms with Crippen LogP contribution >= 0.6 is 22.6 Å². The summed E-state index contributed by atoms with van der Waals surface area (Å²) < 4.78 is 172. The molecular formula is C16H10F13IO2. The van der Waals surface area contributed by atoms with Crippen molar-refractivity contribution in [1.29, 1.82) is 0 Å². The zero-order chi connectivity index (χ0) is 25.4. The Kier molecular flexibility index (Phi) is 8.06. The topological polar surface area (TPSA) is 26.3 Å². The largest absolute Gasteiger partial charge is 0.460 e. The van der Waals surface area contributed by atoms with Crippen molar-refractivity contribution < 1.29 is 66.6 Å². The van der Waals surface area contributed by atoms with Gasteiger partial charge in [0, 0.05) is 6.42 Å². The lowest BCUT2D eigenvalue weighted by Crippen LogP contribution is -2.70. The van der Waals surface area contributed by atoms with Crippen molar-refractivity contribution in [2.75, 3.05) is 0 Å². The summed E-state index contributed by atoms with van der Waals surface area (Å²) in [6.07, 6.45) is -10.1. The smallest absolute Gasteiger partial charge is 0.460 e. The predicted molar refractivity (Wildman–Crippen MR) is 89.5 cm³/mol. The molecule has 1 atom stereocenters. The van der Waals surface area contributed by atoms with E-state index in [1.165, 1.54) is 30.3 Å². The number of benzene rings is 1. The Hall–Kier alpha value is -1.49. The Morgan fingerprint density at radius 2 is 1.19 bits per heavy atom. The average molecular weight is 608 g/mol. The van der Waals surface area contributed by atoms with E-state index >= 15 is 0 Å². The van der Waals surface area contributed by atoms with Gasteiger partial charge in [0.1, 0.15) is 10.5 Å². The van der Waals surface area contributed by atoms with Gasteiger partial charge in [-0.15, -0.1) is 0 Å². The van der Waals surface area contributed by atoms with Crippen molar-refractivity contribution in [3.63, 3.8) is 0 Å². The van der Waals surface area contributed by atoms with Crippen LogP contribution in [0.4, 0.5) is 57.1 Å². The number of hydrogen-bond acceptors (Lipinski definition) is 2. The first-order valence-corrected chi connectivity index (χ1v) is 9.18. The summed E-state index contributed by atoms with van der Waals surface area (Å²) in [6, 6.07) is 7.20. The minimum absolute atomic E-state index is 0.280. The Morgan fingerprint density at radius 3 is 1.62 bits per heavy atom. The summed E-state index contributed by atoms with van der Waals surface area (Å²) in [7, 11) is 0. The number of rotatable bonds is 9. The van der Waals surface area contributed by atoms with Crippen molar-refractivity contribution in [2.45, 2.75) is 52.7 Å². The average Bonchev–Trinajstić information content (AvgIpc) is 2.64. The highest BCUT2D eigenvalue weighted by Gasteiger charge is 2.90. The molecule has 1 unspecified atom stereocenters. The quantitative estimate of drug-likeness (QED) is 0.136. The zero-order valence-corrected chi connectivity index (χ0v) is 17.1. The first kappa shape index (κ1) is 28.5. The van der Waals surface area contributed by atoms with Crippen LogP contribution in [0.3, 0.4) is 0 Å². The Balaban J connectivity index is 3.10. The summed E-state index contributed by atoms with van der Waals surface area (Å²) in [5.74, 6) is -39.1. The van der Waals surface area contributed by atoms with Crippen molar-refractivity contribution >= 4 is 28.6 Å². The van der Waals surface area contributed by atoms with Crippen LogP contribution in [0, 0.1) is 0 Å². The molecular weight excluding hydrogens is 598 g/mol. The van der Waals surface area contributed by atoms with Gasteiger partial charge in [-0.1, -0.05) is 52.9 Å². The number of alkyl halides is 14. The lowest BCUT2D eigenvalue weighted by Gasteiger charge is -2.40. The predicted octanol–water partition coefficient (Wildman–Crippen LogP) is 6.66. The minimum Gasteiger partial charge on any atom is -0.460 e. The van der Waals surface area contributed by atoms with E-state index in [1.54, 1.807) is 0 Å². The molecule has 1 aromatic carbocycles. The summed E-state index contributed by atoms with van der Waals surface area (Å²) in [5, 5.41) is 0. The zero-order valence-electron chi connectivity index (χ0n) is 15.0. The van der Waals surface area contributed by atoms with Crippen LogP contribution in [-0.2, 0) is 16.1 Å². The highest BCUT2D eigenvalue weighted by molar-refractivity contribution is 14.1. The molecule has 0 spiro atoms. The van der Waals surface area contributed by atoms with E-state index in [9.17, 15) is 61.9 Å². The first-order valence-electron chi connectivity index (χ1n) is 7.94. The van der Waals surface area contributed by atoms with E-state index in [1.807, 2.05) is 0 Å². The van der Waals surface area contributed by atoms with Gasteiger partial charge in [-0.2, -0.15) is 57.1 Å². The number of carbonyl (C=O) groups is 1. The highest BCUT2D eigenvalue weighted by Crippen LogP contribution is 2.60. The second-order valence-electron chi connectivity index (χ2n) is 6.26. The van der Waals surface area contributed by atoms with Crippen LogP contribution in [0.5, 0.6) is 0 Å². The van der Waals surface area contributed by atoms with Crippen molar-refractivity contribution in [3.05, 3.63) is 35.9 Å². The maximum Gasteiger partial charge on any atom is 0.460 e. The lowest BCUT2D eigenvalue weighted by molar-refractivity contribution is -0.440. The SMILES string of the molecule is O=C(OCc1ccccc1)C(I)CC(F)(F)C(F)(F)C(F)(F)C(F)(F)C(F)(F)C(F)(F)F. The van der Waals surface area contributed by atoms with Crippen LogP contribution < -0.4 is 0 Å². The van der Waals surface area contributed by atoms with E-state index in [0.717, 1.165) is 0 Å². The number of hydrogen-bond donors (Lipinski definition) is 0. The molecule has 0 aliphatic carbocycles. The molecule has 32 heavy (non-hydrogen) atoms. The van der Waals surface area contributed by atoms with Crippen molar-refractivity contribution in [1.82, 2.24) is 0 Å². The normalized spacial score (nSPS) is 15.4.